The van der Waals surface area contributed by atoms with Crippen LogP contribution in [-0.2, 0) is 15.9 Å². The molecule has 0 amide bonds. The summed E-state index contributed by atoms with van der Waals surface area (Å²) in [6.07, 6.45) is 2.90. The lowest BCUT2D eigenvalue weighted by atomic mass is 9.62. The molecule has 2 aliphatic heterocycles. The molecule has 34 heavy (non-hydrogen) atoms. The maximum Gasteiger partial charge on any atom is 0.119 e. The van der Waals surface area contributed by atoms with E-state index in [4.69, 9.17) is 14.2 Å². The number of aryl methyl sites for hydroxylation is 1. The lowest BCUT2D eigenvalue weighted by molar-refractivity contribution is -0.181. The average Bonchev–Trinajstić information content (AvgIpc) is 2.83. The van der Waals surface area contributed by atoms with Crippen molar-refractivity contribution in [1.29, 1.82) is 0 Å². The van der Waals surface area contributed by atoms with Gasteiger partial charge in [0, 0.05) is 19.6 Å². The summed E-state index contributed by atoms with van der Waals surface area (Å²) in [5.74, 6) is 0.930. The van der Waals surface area contributed by atoms with Gasteiger partial charge in [-0.1, -0.05) is 30.3 Å². The smallest absolute Gasteiger partial charge is 0.119 e. The molecule has 3 fully saturated rings. The number of ether oxygens (including phenoxy) is 3. The Balaban J connectivity index is 1.21. The van der Waals surface area contributed by atoms with E-state index in [2.05, 4.69) is 43.3 Å². The van der Waals surface area contributed by atoms with Gasteiger partial charge in [0.1, 0.15) is 18.0 Å². The topological polar surface area (TPSA) is 88.4 Å². The fourth-order valence-corrected chi connectivity index (χ4v) is 5.70. The Labute approximate surface area is 201 Å². The molecule has 3 aliphatic rings. The molecule has 1 saturated carbocycles. The molecule has 1 spiro atoms. The Morgan fingerprint density at radius 2 is 1.76 bits per heavy atom. The van der Waals surface area contributed by atoms with Crippen LogP contribution in [0.1, 0.15) is 60.5 Å². The molecule has 0 radical (unpaired) electrons. The van der Waals surface area contributed by atoms with E-state index in [-0.39, 0.29) is 12.7 Å². The fraction of sp³-hybridized carbons (Fsp3) is 0.571. The first-order valence-electron chi connectivity index (χ1n) is 12.5. The molecule has 184 valence electrons. The monoisotopic (exact) mass is 468 g/mol. The summed E-state index contributed by atoms with van der Waals surface area (Å²) in [4.78, 5) is 0. The van der Waals surface area contributed by atoms with E-state index in [1.165, 1.54) is 16.7 Å². The van der Waals surface area contributed by atoms with E-state index in [1.807, 2.05) is 6.07 Å². The maximum atomic E-state index is 10.2. The molecule has 2 heterocycles. The van der Waals surface area contributed by atoms with Crippen molar-refractivity contribution in [2.45, 2.75) is 76.0 Å². The van der Waals surface area contributed by atoms with Crippen LogP contribution in [0.2, 0.25) is 0 Å². The van der Waals surface area contributed by atoms with Crippen molar-refractivity contribution < 1.29 is 29.5 Å². The number of hydrogen-bond acceptors (Lipinski definition) is 6. The Hall–Kier alpha value is -1.96. The van der Waals surface area contributed by atoms with Crippen LogP contribution in [0.3, 0.4) is 0 Å². The van der Waals surface area contributed by atoms with Gasteiger partial charge < -0.3 is 29.5 Å². The molecule has 0 bridgehead atoms. The minimum atomic E-state index is -1.06. The van der Waals surface area contributed by atoms with E-state index in [1.54, 1.807) is 0 Å². The zero-order valence-corrected chi connectivity index (χ0v) is 19.9. The highest BCUT2D eigenvalue weighted by molar-refractivity contribution is 5.38. The lowest BCUT2D eigenvalue weighted by Gasteiger charge is -2.49. The first-order valence-corrected chi connectivity index (χ1v) is 12.5. The van der Waals surface area contributed by atoms with E-state index >= 15 is 0 Å². The molecular weight excluding hydrogens is 432 g/mol. The van der Waals surface area contributed by atoms with Gasteiger partial charge in [-0.2, -0.15) is 0 Å². The number of benzene rings is 2. The van der Waals surface area contributed by atoms with Crippen molar-refractivity contribution in [3.63, 3.8) is 0 Å². The van der Waals surface area contributed by atoms with Crippen molar-refractivity contribution in [2.75, 3.05) is 19.8 Å². The van der Waals surface area contributed by atoms with Crippen molar-refractivity contribution in [1.82, 2.24) is 0 Å². The van der Waals surface area contributed by atoms with Crippen LogP contribution in [0.5, 0.6) is 5.75 Å². The van der Waals surface area contributed by atoms with Crippen LogP contribution >= 0.6 is 0 Å². The number of aliphatic hydroxyl groups excluding tert-OH is 3. The summed E-state index contributed by atoms with van der Waals surface area (Å²) in [5.41, 5.74) is 5.00. The van der Waals surface area contributed by atoms with E-state index in [0.717, 1.165) is 56.6 Å². The van der Waals surface area contributed by atoms with Crippen LogP contribution < -0.4 is 4.74 Å². The first kappa shape index (κ1) is 23.8. The highest BCUT2D eigenvalue weighted by Gasteiger charge is 2.46. The molecule has 2 aromatic rings. The third kappa shape index (κ3) is 5.02. The maximum absolute atomic E-state index is 10.2. The summed E-state index contributed by atoms with van der Waals surface area (Å²) in [6.45, 7) is 3.55. The van der Waals surface area contributed by atoms with Gasteiger partial charge in [0.2, 0.25) is 0 Å². The summed E-state index contributed by atoms with van der Waals surface area (Å²) >= 11 is 0. The van der Waals surface area contributed by atoms with Gasteiger partial charge in [-0.15, -0.1) is 0 Å². The largest absolute Gasteiger partial charge is 0.490 e. The van der Waals surface area contributed by atoms with Gasteiger partial charge in [-0.05, 0) is 78.8 Å². The quantitative estimate of drug-likeness (QED) is 0.602. The minimum Gasteiger partial charge on any atom is -0.490 e. The molecule has 6 heteroatoms. The van der Waals surface area contributed by atoms with Gasteiger partial charge in [0.05, 0.1) is 24.9 Å². The summed E-state index contributed by atoms with van der Waals surface area (Å²) in [7, 11) is 0. The van der Waals surface area contributed by atoms with Crippen LogP contribution in [0.4, 0.5) is 0 Å². The van der Waals surface area contributed by atoms with Gasteiger partial charge >= 0.3 is 0 Å². The average molecular weight is 469 g/mol. The van der Waals surface area contributed by atoms with Crippen molar-refractivity contribution in [2.24, 2.45) is 5.41 Å². The van der Waals surface area contributed by atoms with Crippen LogP contribution in [0.25, 0.3) is 0 Å². The third-order valence-electron chi connectivity index (χ3n) is 7.99. The molecule has 4 atom stereocenters. The van der Waals surface area contributed by atoms with Crippen molar-refractivity contribution in [3.05, 3.63) is 64.7 Å². The Bertz CT molecular complexity index is 959. The van der Waals surface area contributed by atoms with Gasteiger partial charge in [0.25, 0.3) is 0 Å². The molecule has 2 unspecified atom stereocenters. The van der Waals surface area contributed by atoms with Crippen molar-refractivity contribution in [3.8, 4) is 5.75 Å². The Morgan fingerprint density at radius 1 is 1.03 bits per heavy atom. The molecule has 2 saturated heterocycles. The minimum absolute atomic E-state index is 0.307. The van der Waals surface area contributed by atoms with Crippen LogP contribution in [-0.4, -0.2) is 59.6 Å². The number of hydrogen-bond donors (Lipinski definition) is 3. The second-order valence-corrected chi connectivity index (χ2v) is 10.4. The molecular formula is C28H36O6. The molecule has 3 N–H and O–H groups in total. The Kier molecular flexibility index (Phi) is 6.96. The highest BCUT2D eigenvalue weighted by atomic mass is 16.5. The summed E-state index contributed by atoms with van der Waals surface area (Å²) in [5, 5.41) is 29.7. The predicted octanol–water partition coefficient (Wildman–Crippen LogP) is 3.47. The SMILES string of the molecule is Cc1ccc([C@@H]2CC(O)[C@H](O)C(CO)O2)cc1Cc1ccc(OC2CC3(CCOCC3)C2)cc1. The normalized spacial score (nSPS) is 29.1. The second kappa shape index (κ2) is 9.96. The zero-order valence-electron chi connectivity index (χ0n) is 19.9. The second-order valence-electron chi connectivity index (χ2n) is 10.4. The van der Waals surface area contributed by atoms with Crippen LogP contribution in [0, 0.1) is 12.3 Å². The zero-order chi connectivity index (χ0) is 23.7. The summed E-state index contributed by atoms with van der Waals surface area (Å²) < 4.78 is 17.6. The van der Waals surface area contributed by atoms with Crippen molar-refractivity contribution >= 4 is 0 Å². The highest BCUT2D eigenvalue weighted by Crippen LogP contribution is 2.50. The first-order chi connectivity index (χ1) is 16.4. The lowest BCUT2D eigenvalue weighted by Crippen LogP contribution is -2.47. The van der Waals surface area contributed by atoms with E-state index in [9.17, 15) is 15.3 Å². The summed E-state index contributed by atoms with van der Waals surface area (Å²) in [6, 6.07) is 14.6. The van der Waals surface area contributed by atoms with Crippen LogP contribution in [0.15, 0.2) is 42.5 Å². The molecule has 2 aromatic carbocycles. The third-order valence-corrected chi connectivity index (χ3v) is 7.99. The number of aliphatic hydroxyl groups is 3. The molecule has 0 aromatic heterocycles. The van der Waals surface area contributed by atoms with Gasteiger partial charge in [0.15, 0.2) is 0 Å². The fourth-order valence-electron chi connectivity index (χ4n) is 5.70. The van der Waals surface area contributed by atoms with E-state index in [0.29, 0.717) is 17.9 Å². The van der Waals surface area contributed by atoms with Gasteiger partial charge in [-0.25, -0.2) is 0 Å². The van der Waals surface area contributed by atoms with E-state index < -0.39 is 18.3 Å². The number of rotatable bonds is 6. The molecule has 1 aliphatic carbocycles. The predicted molar refractivity (Wildman–Crippen MR) is 128 cm³/mol. The standard InChI is InChI=1S/C28H36O6/c1-18-2-5-20(25-14-24(30)27(31)26(17-29)34-25)13-21(18)12-19-3-6-22(7-4-19)33-23-15-28(16-23)8-10-32-11-9-28/h2-7,13,23-27,29-31H,8-12,14-17H2,1H3/t24?,25-,26?,27-/m0/s1. The molecule has 6 nitrogen and oxygen atoms in total. The van der Waals surface area contributed by atoms with Gasteiger partial charge in [-0.3, -0.25) is 0 Å². The Morgan fingerprint density at radius 3 is 2.47 bits per heavy atom. The molecule has 5 rings (SSSR count).